The Labute approximate surface area is 117 Å². The summed E-state index contributed by atoms with van der Waals surface area (Å²) < 4.78 is 10.1. The minimum atomic E-state index is -0.391. The molecule has 0 aliphatic carbocycles. The SMILES string of the molecule is COC(=O)c1ccc(NC(C)c2ncc(C)o2)nc1C. The molecule has 0 aliphatic heterocycles. The van der Waals surface area contributed by atoms with Gasteiger partial charge in [0.05, 0.1) is 24.6 Å². The molecule has 0 spiro atoms. The molecule has 0 aliphatic rings. The van der Waals surface area contributed by atoms with Gasteiger partial charge in [0.25, 0.3) is 0 Å². The quantitative estimate of drug-likeness (QED) is 0.864. The molecule has 2 aromatic heterocycles. The van der Waals surface area contributed by atoms with Gasteiger partial charge in [-0.15, -0.1) is 0 Å². The predicted molar refractivity (Wildman–Crippen MR) is 73.6 cm³/mol. The van der Waals surface area contributed by atoms with Crippen LogP contribution in [0.1, 0.15) is 40.7 Å². The maximum Gasteiger partial charge on any atom is 0.339 e. The monoisotopic (exact) mass is 275 g/mol. The third-order valence-electron chi connectivity index (χ3n) is 2.87. The highest BCUT2D eigenvalue weighted by Crippen LogP contribution is 2.19. The van der Waals surface area contributed by atoms with Crippen molar-refractivity contribution >= 4 is 11.8 Å². The van der Waals surface area contributed by atoms with Crippen molar-refractivity contribution in [2.24, 2.45) is 0 Å². The number of ether oxygens (including phenoxy) is 1. The van der Waals surface area contributed by atoms with Crippen LogP contribution in [0.25, 0.3) is 0 Å². The van der Waals surface area contributed by atoms with E-state index in [9.17, 15) is 4.79 Å². The number of carbonyl (C=O) groups excluding carboxylic acids is 1. The van der Waals surface area contributed by atoms with Gasteiger partial charge in [0.2, 0.25) is 5.89 Å². The first-order valence-electron chi connectivity index (χ1n) is 6.26. The first-order chi connectivity index (χ1) is 9.51. The van der Waals surface area contributed by atoms with Crippen molar-refractivity contribution in [1.29, 1.82) is 0 Å². The molecule has 2 aromatic rings. The lowest BCUT2D eigenvalue weighted by Crippen LogP contribution is -2.11. The van der Waals surface area contributed by atoms with Gasteiger partial charge in [-0.3, -0.25) is 0 Å². The van der Waals surface area contributed by atoms with Crippen molar-refractivity contribution in [2.75, 3.05) is 12.4 Å². The van der Waals surface area contributed by atoms with Crippen LogP contribution in [0, 0.1) is 13.8 Å². The number of rotatable bonds is 4. The van der Waals surface area contributed by atoms with Gasteiger partial charge in [-0.05, 0) is 32.9 Å². The highest BCUT2D eigenvalue weighted by atomic mass is 16.5. The molecule has 0 saturated carbocycles. The lowest BCUT2D eigenvalue weighted by Gasteiger charge is -2.12. The summed E-state index contributed by atoms with van der Waals surface area (Å²) in [7, 11) is 1.35. The zero-order valence-electron chi connectivity index (χ0n) is 11.9. The number of hydrogen-bond acceptors (Lipinski definition) is 6. The number of aryl methyl sites for hydroxylation is 2. The van der Waals surface area contributed by atoms with E-state index in [1.165, 1.54) is 7.11 Å². The van der Waals surface area contributed by atoms with E-state index in [2.05, 4.69) is 20.0 Å². The Bertz CT molecular complexity index is 622. The number of anilines is 1. The maximum atomic E-state index is 11.5. The van der Waals surface area contributed by atoms with E-state index < -0.39 is 5.97 Å². The molecular weight excluding hydrogens is 258 g/mol. The minimum absolute atomic E-state index is 0.112. The fourth-order valence-electron chi connectivity index (χ4n) is 1.82. The second-order valence-corrected chi connectivity index (χ2v) is 4.50. The average Bonchev–Trinajstić information content (AvgIpc) is 2.85. The third-order valence-corrected chi connectivity index (χ3v) is 2.87. The summed E-state index contributed by atoms with van der Waals surface area (Å²) in [5, 5.41) is 3.18. The third kappa shape index (κ3) is 2.96. The smallest absolute Gasteiger partial charge is 0.339 e. The van der Waals surface area contributed by atoms with Crippen LogP contribution >= 0.6 is 0 Å². The van der Waals surface area contributed by atoms with Crippen molar-refractivity contribution in [3.63, 3.8) is 0 Å². The lowest BCUT2D eigenvalue weighted by atomic mass is 10.2. The van der Waals surface area contributed by atoms with E-state index >= 15 is 0 Å². The van der Waals surface area contributed by atoms with Crippen LogP contribution in [0.4, 0.5) is 5.82 Å². The van der Waals surface area contributed by atoms with Crippen molar-refractivity contribution in [3.8, 4) is 0 Å². The van der Waals surface area contributed by atoms with Crippen LogP contribution in [0.15, 0.2) is 22.7 Å². The number of aromatic nitrogens is 2. The summed E-state index contributed by atoms with van der Waals surface area (Å²) in [5.74, 6) is 1.62. The standard InChI is InChI=1S/C14H17N3O3/c1-8-7-15-13(20-8)10(3)17-12-6-5-11(9(2)16-12)14(18)19-4/h5-7,10H,1-4H3,(H,16,17). The largest absolute Gasteiger partial charge is 0.465 e. The van der Waals surface area contributed by atoms with E-state index in [1.807, 2.05) is 13.8 Å². The highest BCUT2D eigenvalue weighted by molar-refractivity contribution is 5.90. The Morgan fingerprint density at radius 3 is 2.70 bits per heavy atom. The average molecular weight is 275 g/mol. The van der Waals surface area contributed by atoms with Gasteiger partial charge in [0.1, 0.15) is 17.6 Å². The summed E-state index contributed by atoms with van der Waals surface area (Å²) in [4.78, 5) is 20.0. The molecule has 6 heteroatoms. The molecule has 20 heavy (non-hydrogen) atoms. The number of esters is 1. The Kier molecular flexibility index (Phi) is 4.02. The fourth-order valence-corrected chi connectivity index (χ4v) is 1.82. The molecule has 1 atom stereocenters. The lowest BCUT2D eigenvalue weighted by molar-refractivity contribution is 0.0599. The Balaban J connectivity index is 2.14. The van der Waals surface area contributed by atoms with Gasteiger partial charge < -0.3 is 14.5 Å². The number of carbonyl (C=O) groups is 1. The van der Waals surface area contributed by atoms with Crippen LogP contribution in [0.3, 0.4) is 0 Å². The summed E-state index contributed by atoms with van der Waals surface area (Å²) in [6.45, 7) is 5.53. The van der Waals surface area contributed by atoms with E-state index in [0.717, 1.165) is 5.76 Å². The van der Waals surface area contributed by atoms with Crippen molar-refractivity contribution in [1.82, 2.24) is 9.97 Å². The number of methoxy groups -OCH3 is 1. The van der Waals surface area contributed by atoms with Crippen LogP contribution in [-0.2, 0) is 4.74 Å². The summed E-state index contributed by atoms with van der Waals surface area (Å²) in [6.07, 6.45) is 1.67. The molecule has 2 heterocycles. The molecule has 2 rings (SSSR count). The Hall–Kier alpha value is -2.37. The number of nitrogens with zero attached hydrogens (tertiary/aromatic N) is 2. The summed E-state index contributed by atoms with van der Waals surface area (Å²) in [5.41, 5.74) is 1.07. The molecule has 1 N–H and O–H groups in total. The normalized spacial score (nSPS) is 12.0. The van der Waals surface area contributed by atoms with Crippen LogP contribution in [0.5, 0.6) is 0 Å². The van der Waals surface area contributed by atoms with Crippen LogP contribution in [-0.4, -0.2) is 23.0 Å². The van der Waals surface area contributed by atoms with Gasteiger partial charge >= 0.3 is 5.97 Å². The number of hydrogen-bond donors (Lipinski definition) is 1. The first-order valence-corrected chi connectivity index (χ1v) is 6.26. The molecule has 0 aromatic carbocycles. The Morgan fingerprint density at radius 1 is 1.40 bits per heavy atom. The fraction of sp³-hybridized carbons (Fsp3) is 0.357. The number of nitrogens with one attached hydrogen (secondary N) is 1. The molecule has 0 bridgehead atoms. The second-order valence-electron chi connectivity index (χ2n) is 4.50. The molecule has 0 amide bonds. The van der Waals surface area contributed by atoms with E-state index in [-0.39, 0.29) is 6.04 Å². The van der Waals surface area contributed by atoms with E-state index in [0.29, 0.717) is 23.0 Å². The van der Waals surface area contributed by atoms with Crippen LogP contribution in [0.2, 0.25) is 0 Å². The second kappa shape index (κ2) is 5.73. The van der Waals surface area contributed by atoms with E-state index in [4.69, 9.17) is 4.42 Å². The zero-order valence-corrected chi connectivity index (χ0v) is 11.9. The molecule has 106 valence electrons. The first kappa shape index (κ1) is 14.0. The molecule has 0 radical (unpaired) electrons. The molecule has 1 unspecified atom stereocenters. The van der Waals surface area contributed by atoms with Crippen LogP contribution < -0.4 is 5.32 Å². The minimum Gasteiger partial charge on any atom is -0.465 e. The summed E-state index contributed by atoms with van der Waals surface area (Å²) >= 11 is 0. The van der Waals surface area contributed by atoms with Gasteiger partial charge in [-0.25, -0.2) is 14.8 Å². The van der Waals surface area contributed by atoms with Crippen molar-refractivity contribution < 1.29 is 13.9 Å². The molecular formula is C14H17N3O3. The van der Waals surface area contributed by atoms with Gasteiger partial charge in [0.15, 0.2) is 0 Å². The number of pyridine rings is 1. The molecule has 0 fully saturated rings. The van der Waals surface area contributed by atoms with Gasteiger partial charge in [-0.1, -0.05) is 0 Å². The maximum absolute atomic E-state index is 11.5. The predicted octanol–water partition coefficient (Wildman–Crippen LogP) is 2.65. The van der Waals surface area contributed by atoms with Crippen molar-refractivity contribution in [2.45, 2.75) is 26.8 Å². The van der Waals surface area contributed by atoms with Gasteiger partial charge in [-0.2, -0.15) is 0 Å². The Morgan fingerprint density at radius 2 is 2.15 bits per heavy atom. The topological polar surface area (TPSA) is 77.2 Å². The number of oxazole rings is 1. The molecule has 0 saturated heterocycles. The highest BCUT2D eigenvalue weighted by Gasteiger charge is 2.14. The van der Waals surface area contributed by atoms with E-state index in [1.54, 1.807) is 25.3 Å². The molecule has 6 nitrogen and oxygen atoms in total. The summed E-state index contributed by atoms with van der Waals surface area (Å²) in [6, 6.07) is 3.30. The van der Waals surface area contributed by atoms with Gasteiger partial charge in [0, 0.05) is 0 Å². The van der Waals surface area contributed by atoms with Crippen molar-refractivity contribution in [3.05, 3.63) is 41.2 Å². The zero-order chi connectivity index (χ0) is 14.7.